The first-order valence-electron chi connectivity index (χ1n) is 5.65. The molecule has 0 aromatic heterocycles. The molecule has 18 heavy (non-hydrogen) atoms. The lowest BCUT2D eigenvalue weighted by atomic mass is 10.3. The molecule has 2 atom stereocenters. The number of hydrogen-bond donors (Lipinski definition) is 1. The van der Waals surface area contributed by atoms with E-state index in [1.54, 1.807) is 0 Å². The van der Waals surface area contributed by atoms with Gasteiger partial charge < -0.3 is 5.73 Å². The summed E-state index contributed by atoms with van der Waals surface area (Å²) >= 11 is 0. The van der Waals surface area contributed by atoms with Gasteiger partial charge >= 0.3 is 0 Å². The first-order chi connectivity index (χ1) is 8.41. The van der Waals surface area contributed by atoms with Crippen molar-refractivity contribution in [3.63, 3.8) is 0 Å². The molecule has 2 N–H and O–H groups in total. The second-order valence-corrected chi connectivity index (χ2v) is 6.72. The summed E-state index contributed by atoms with van der Waals surface area (Å²) in [5, 5.41) is 10.0. The van der Waals surface area contributed by atoms with Gasteiger partial charge in [-0.3, -0.25) is 10.1 Å². The van der Waals surface area contributed by atoms with Crippen LogP contribution in [-0.2, 0) is 9.84 Å². The number of non-ortho nitro benzene ring substituents is 1. The average Bonchev–Trinajstić information content (AvgIpc) is 2.76. The monoisotopic (exact) mass is 270 g/mol. The van der Waals surface area contributed by atoms with Gasteiger partial charge in [0.2, 0.25) is 0 Å². The molecule has 0 saturated heterocycles. The molecular weight excluding hydrogens is 256 g/mol. The smallest absolute Gasteiger partial charge is 0.269 e. The van der Waals surface area contributed by atoms with Crippen LogP contribution in [0.25, 0.3) is 0 Å². The maximum atomic E-state index is 12.2. The zero-order valence-electron chi connectivity index (χ0n) is 9.65. The zero-order chi connectivity index (χ0) is 13.3. The maximum absolute atomic E-state index is 12.2. The third-order valence-electron chi connectivity index (χ3n) is 3.24. The van der Waals surface area contributed by atoms with E-state index >= 15 is 0 Å². The molecule has 1 saturated carbocycles. The molecule has 98 valence electrons. The highest BCUT2D eigenvalue weighted by atomic mass is 32.2. The summed E-state index contributed by atoms with van der Waals surface area (Å²) in [6.45, 7) is 0. The lowest BCUT2D eigenvalue weighted by Gasteiger charge is -2.11. The quantitative estimate of drug-likeness (QED) is 0.657. The maximum Gasteiger partial charge on any atom is 0.269 e. The van der Waals surface area contributed by atoms with E-state index in [1.807, 2.05) is 0 Å². The van der Waals surface area contributed by atoms with Crippen LogP contribution in [0.2, 0.25) is 0 Å². The molecule has 7 heteroatoms. The van der Waals surface area contributed by atoms with Gasteiger partial charge in [-0.05, 0) is 31.4 Å². The topological polar surface area (TPSA) is 103 Å². The van der Waals surface area contributed by atoms with E-state index in [0.717, 1.165) is 0 Å². The molecule has 1 aromatic carbocycles. The first kappa shape index (κ1) is 13.0. The van der Waals surface area contributed by atoms with Crippen LogP contribution in [0.3, 0.4) is 0 Å². The fourth-order valence-corrected chi connectivity index (χ4v) is 4.05. The van der Waals surface area contributed by atoms with Crippen molar-refractivity contribution in [3.8, 4) is 0 Å². The van der Waals surface area contributed by atoms with Crippen LogP contribution in [0.5, 0.6) is 0 Å². The van der Waals surface area contributed by atoms with E-state index in [1.165, 1.54) is 24.3 Å². The van der Waals surface area contributed by atoms with Crippen LogP contribution in [-0.4, -0.2) is 24.6 Å². The number of nitro benzene ring substituents is 1. The van der Waals surface area contributed by atoms with Crippen molar-refractivity contribution in [2.45, 2.75) is 35.4 Å². The molecule has 2 rings (SSSR count). The van der Waals surface area contributed by atoms with Crippen LogP contribution in [0.15, 0.2) is 29.2 Å². The summed E-state index contributed by atoms with van der Waals surface area (Å²) in [5.74, 6) is 0. The molecule has 0 amide bonds. The predicted octanol–water partition coefficient (Wildman–Crippen LogP) is 1.25. The average molecular weight is 270 g/mol. The Morgan fingerprint density at radius 2 is 1.83 bits per heavy atom. The minimum Gasteiger partial charge on any atom is -0.328 e. The molecule has 1 aliphatic rings. The van der Waals surface area contributed by atoms with Crippen LogP contribution in [0.4, 0.5) is 5.69 Å². The summed E-state index contributed by atoms with van der Waals surface area (Å²) in [7, 11) is -3.42. The molecule has 0 radical (unpaired) electrons. The minimum atomic E-state index is -3.42. The van der Waals surface area contributed by atoms with E-state index < -0.39 is 20.0 Å². The van der Waals surface area contributed by atoms with E-state index in [9.17, 15) is 18.5 Å². The van der Waals surface area contributed by atoms with Crippen molar-refractivity contribution in [2.24, 2.45) is 5.73 Å². The Labute approximate surface area is 105 Å². The Morgan fingerprint density at radius 3 is 2.28 bits per heavy atom. The van der Waals surface area contributed by atoms with Crippen molar-refractivity contribution in [1.29, 1.82) is 0 Å². The van der Waals surface area contributed by atoms with Crippen LogP contribution >= 0.6 is 0 Å². The highest BCUT2D eigenvalue weighted by molar-refractivity contribution is 7.92. The number of nitrogens with two attached hydrogens (primary N) is 1. The Balaban J connectivity index is 2.27. The van der Waals surface area contributed by atoms with Gasteiger partial charge in [-0.2, -0.15) is 0 Å². The molecule has 2 unspecified atom stereocenters. The van der Waals surface area contributed by atoms with Crippen LogP contribution in [0, 0.1) is 10.1 Å². The highest BCUT2D eigenvalue weighted by Crippen LogP contribution is 2.29. The van der Waals surface area contributed by atoms with E-state index in [0.29, 0.717) is 19.3 Å². The summed E-state index contributed by atoms with van der Waals surface area (Å²) in [4.78, 5) is 10.1. The van der Waals surface area contributed by atoms with Crippen molar-refractivity contribution in [1.82, 2.24) is 0 Å². The molecule has 6 nitrogen and oxygen atoms in total. The molecule has 0 bridgehead atoms. The molecule has 1 aliphatic carbocycles. The van der Waals surface area contributed by atoms with Gasteiger partial charge in [-0.25, -0.2) is 8.42 Å². The number of sulfone groups is 1. The summed E-state index contributed by atoms with van der Waals surface area (Å²) in [6.07, 6.45) is 1.72. The molecule has 1 fully saturated rings. The van der Waals surface area contributed by atoms with Crippen molar-refractivity contribution >= 4 is 15.5 Å². The van der Waals surface area contributed by atoms with Gasteiger partial charge in [0.05, 0.1) is 15.1 Å². The SMILES string of the molecule is NC1CCC(S(=O)(=O)c2ccc([N+](=O)[O-])cc2)C1. The predicted molar refractivity (Wildman–Crippen MR) is 65.9 cm³/mol. The number of nitrogens with zero attached hydrogens (tertiary/aromatic N) is 1. The van der Waals surface area contributed by atoms with Gasteiger partial charge in [0, 0.05) is 18.2 Å². The van der Waals surface area contributed by atoms with Gasteiger partial charge in [0.15, 0.2) is 9.84 Å². The zero-order valence-corrected chi connectivity index (χ0v) is 10.5. The summed E-state index contributed by atoms with van der Waals surface area (Å²) < 4.78 is 24.5. The number of nitro groups is 1. The Morgan fingerprint density at radius 1 is 1.22 bits per heavy atom. The standard InChI is InChI=1S/C11H14N2O4S/c12-8-1-4-11(7-8)18(16,17)10-5-2-9(3-6-10)13(14)15/h2-3,5-6,8,11H,1,4,7,12H2. The van der Waals surface area contributed by atoms with Crippen LogP contribution in [0.1, 0.15) is 19.3 Å². The van der Waals surface area contributed by atoms with Crippen molar-refractivity contribution in [2.75, 3.05) is 0 Å². The fourth-order valence-electron chi connectivity index (χ4n) is 2.21. The highest BCUT2D eigenvalue weighted by Gasteiger charge is 2.33. The lowest BCUT2D eigenvalue weighted by Crippen LogP contribution is -2.22. The fraction of sp³-hybridized carbons (Fsp3) is 0.455. The summed E-state index contributed by atoms with van der Waals surface area (Å²) in [5.41, 5.74) is 5.60. The molecular formula is C11H14N2O4S. The van der Waals surface area contributed by atoms with Gasteiger partial charge in [-0.1, -0.05) is 0 Å². The van der Waals surface area contributed by atoms with Gasteiger partial charge in [0.1, 0.15) is 0 Å². The van der Waals surface area contributed by atoms with Crippen molar-refractivity contribution in [3.05, 3.63) is 34.4 Å². The van der Waals surface area contributed by atoms with E-state index in [4.69, 9.17) is 5.73 Å². The Kier molecular flexibility index (Phi) is 3.36. The van der Waals surface area contributed by atoms with Crippen LogP contribution < -0.4 is 5.73 Å². The van der Waals surface area contributed by atoms with E-state index in [2.05, 4.69) is 0 Å². The number of rotatable bonds is 3. The molecule has 0 heterocycles. The molecule has 0 aliphatic heterocycles. The van der Waals surface area contributed by atoms with Crippen molar-refractivity contribution < 1.29 is 13.3 Å². The first-order valence-corrected chi connectivity index (χ1v) is 7.20. The minimum absolute atomic E-state index is 0.0668. The normalized spacial score (nSPS) is 24.1. The number of hydrogen-bond acceptors (Lipinski definition) is 5. The third-order valence-corrected chi connectivity index (χ3v) is 5.48. The number of benzene rings is 1. The summed E-state index contributed by atoms with van der Waals surface area (Å²) in [6, 6.07) is 4.93. The van der Waals surface area contributed by atoms with Gasteiger partial charge in [0.25, 0.3) is 5.69 Å². The molecule has 1 aromatic rings. The second-order valence-electron chi connectivity index (χ2n) is 4.49. The Hall–Kier alpha value is -1.47. The molecule has 0 spiro atoms. The second kappa shape index (κ2) is 4.66. The third kappa shape index (κ3) is 2.37. The van der Waals surface area contributed by atoms with E-state index in [-0.39, 0.29) is 16.6 Å². The van der Waals surface area contributed by atoms with Gasteiger partial charge in [-0.15, -0.1) is 0 Å². The Bertz CT molecular complexity index is 553. The lowest BCUT2D eigenvalue weighted by molar-refractivity contribution is -0.384. The largest absolute Gasteiger partial charge is 0.328 e.